The molecule has 0 bridgehead atoms. The van der Waals surface area contributed by atoms with Crippen molar-refractivity contribution in [3.63, 3.8) is 0 Å². The number of halogens is 1. The van der Waals surface area contributed by atoms with Crippen LogP contribution in [0.4, 0.5) is 0 Å². The molecule has 0 spiro atoms. The minimum Gasteiger partial charge on any atom is -0.467 e. The average molecular weight is 685 g/mol. The summed E-state index contributed by atoms with van der Waals surface area (Å²) < 4.78 is 53.8. The predicted molar refractivity (Wildman–Crippen MR) is 138 cm³/mol. The van der Waals surface area contributed by atoms with Crippen LogP contribution in [-0.2, 0) is 80.9 Å². The lowest BCUT2D eigenvalue weighted by Crippen LogP contribution is -2.65. The zero-order chi connectivity index (χ0) is 32.6. The maximum atomic E-state index is 12.6. The predicted octanol–water partition coefficient (Wildman–Crippen LogP) is -0.389. The molecular formula is C25H33BrO17. The number of ether oxygens (including phenoxy) is 10. The average Bonchev–Trinajstić information content (AvgIpc) is 2.87. The fraction of sp³-hybridized carbons (Fsp3) is 0.720. The van der Waals surface area contributed by atoms with Crippen LogP contribution in [0.1, 0.15) is 41.5 Å². The molecule has 43 heavy (non-hydrogen) atoms. The third-order valence-corrected chi connectivity index (χ3v) is 6.48. The first-order valence-electron chi connectivity index (χ1n) is 12.7. The van der Waals surface area contributed by atoms with Gasteiger partial charge in [0.1, 0.15) is 6.10 Å². The summed E-state index contributed by atoms with van der Waals surface area (Å²) in [6.45, 7) is 5.79. The van der Waals surface area contributed by atoms with Crippen molar-refractivity contribution < 1.29 is 80.9 Å². The Bertz CT molecular complexity index is 1080. The number of carbonyl (C=O) groups is 7. The quantitative estimate of drug-likeness (QED) is 0.163. The highest BCUT2D eigenvalue weighted by molar-refractivity contribution is 9.09. The molecule has 0 N–H and O–H groups in total. The Balaban J connectivity index is 2.49. The summed E-state index contributed by atoms with van der Waals surface area (Å²) >= 11 is 3.21. The van der Waals surface area contributed by atoms with Crippen molar-refractivity contribution in [2.75, 3.05) is 13.7 Å². The first-order valence-corrected chi connectivity index (χ1v) is 13.6. The molecule has 0 saturated carbocycles. The van der Waals surface area contributed by atoms with Crippen LogP contribution < -0.4 is 0 Å². The summed E-state index contributed by atoms with van der Waals surface area (Å²) in [6, 6.07) is 0. The van der Waals surface area contributed by atoms with Crippen molar-refractivity contribution in [1.29, 1.82) is 0 Å². The fourth-order valence-corrected chi connectivity index (χ4v) is 5.07. The molecule has 10 atom stereocenters. The molecule has 0 aromatic carbocycles. The number of hydrogen-bond acceptors (Lipinski definition) is 17. The van der Waals surface area contributed by atoms with E-state index in [2.05, 4.69) is 15.9 Å². The van der Waals surface area contributed by atoms with Crippen LogP contribution in [0, 0.1) is 0 Å². The summed E-state index contributed by atoms with van der Waals surface area (Å²) in [5.41, 5.74) is 0. The number of esters is 7. The summed E-state index contributed by atoms with van der Waals surface area (Å²) in [5.74, 6) is -6.08. The Morgan fingerprint density at radius 3 is 1.42 bits per heavy atom. The van der Waals surface area contributed by atoms with Gasteiger partial charge in [-0.2, -0.15) is 0 Å². The van der Waals surface area contributed by atoms with Crippen LogP contribution in [0.3, 0.4) is 0 Å². The highest BCUT2D eigenvalue weighted by Gasteiger charge is 2.56. The van der Waals surface area contributed by atoms with Gasteiger partial charge in [-0.15, -0.1) is 0 Å². The van der Waals surface area contributed by atoms with E-state index in [0.717, 1.165) is 48.7 Å². The molecular weight excluding hydrogens is 652 g/mol. The lowest BCUT2D eigenvalue weighted by molar-refractivity contribution is -0.311. The molecule has 2 rings (SSSR count). The SMILES string of the molecule is COC(=O)C1OC(OC[C@H]2O[C@@H](Br)[C@H](OC(C)=O)[C@@H](OC(C)=O)[C@H]2OC(C)=O)[C@H](OC(C)=O)[C@@H](OC(C)=O)[C@@H]1OC(C)=O. The standard InChI is InChI=1S/C25H33BrO17/c1-9(27)36-16-15(42-23(26)20(40-13(5)31)17(16)37-10(2)28)8-35-25-22(41-14(6)32)19(39-12(4)30)18(38-11(3)29)21(43-25)24(33)34-7/h15-23,25H,8H2,1-7H3/t15-,16+,17+,18+,19+,20-,21?,22-,23-,25?/m1/s1. The van der Waals surface area contributed by atoms with E-state index in [4.69, 9.17) is 47.4 Å². The second-order valence-electron chi connectivity index (χ2n) is 9.25. The number of hydrogen-bond donors (Lipinski definition) is 0. The van der Waals surface area contributed by atoms with E-state index in [-0.39, 0.29) is 0 Å². The van der Waals surface area contributed by atoms with Crippen molar-refractivity contribution in [3.05, 3.63) is 0 Å². The third kappa shape index (κ3) is 10.1. The summed E-state index contributed by atoms with van der Waals surface area (Å²) in [6.07, 6.45) is -13.6. The van der Waals surface area contributed by atoms with Gasteiger partial charge in [-0.3, -0.25) is 28.8 Å². The molecule has 0 aromatic heterocycles. The topological polar surface area (TPSA) is 212 Å². The Morgan fingerprint density at radius 2 is 0.953 bits per heavy atom. The molecule has 2 aliphatic rings. The van der Waals surface area contributed by atoms with Crippen molar-refractivity contribution in [2.24, 2.45) is 0 Å². The number of methoxy groups -OCH3 is 1. The van der Waals surface area contributed by atoms with Crippen molar-refractivity contribution >= 4 is 57.7 Å². The third-order valence-electron chi connectivity index (χ3n) is 5.74. The van der Waals surface area contributed by atoms with Gasteiger partial charge < -0.3 is 47.4 Å². The van der Waals surface area contributed by atoms with E-state index in [1.54, 1.807) is 0 Å². The van der Waals surface area contributed by atoms with E-state index in [1.807, 2.05) is 0 Å². The molecule has 18 heteroatoms. The van der Waals surface area contributed by atoms with E-state index in [1.165, 1.54) is 0 Å². The largest absolute Gasteiger partial charge is 0.467 e. The molecule has 0 aromatic rings. The maximum Gasteiger partial charge on any atom is 0.339 e. The van der Waals surface area contributed by atoms with Gasteiger partial charge in [-0.1, -0.05) is 15.9 Å². The normalized spacial score (nSPS) is 31.9. The minimum atomic E-state index is -1.72. The summed E-state index contributed by atoms with van der Waals surface area (Å²) in [7, 11) is 1.02. The van der Waals surface area contributed by atoms with Crippen LogP contribution in [0.5, 0.6) is 0 Å². The van der Waals surface area contributed by atoms with Gasteiger partial charge in [0.05, 0.1) is 13.7 Å². The van der Waals surface area contributed by atoms with Crippen LogP contribution in [0.25, 0.3) is 0 Å². The molecule has 2 heterocycles. The van der Waals surface area contributed by atoms with Gasteiger partial charge in [-0.05, 0) is 0 Å². The van der Waals surface area contributed by atoms with Gasteiger partial charge >= 0.3 is 41.8 Å². The first kappa shape index (κ1) is 35.8. The molecule has 242 valence electrons. The molecule has 2 fully saturated rings. The summed E-state index contributed by atoms with van der Waals surface area (Å²) in [5, 5.41) is -1.11. The number of rotatable bonds is 10. The molecule has 0 amide bonds. The molecule has 2 saturated heterocycles. The lowest BCUT2D eigenvalue weighted by atomic mass is 9.97. The van der Waals surface area contributed by atoms with Crippen LogP contribution in [0.15, 0.2) is 0 Å². The Hall–Kier alpha value is -3.35. The number of carbonyl (C=O) groups excluding carboxylic acids is 7. The van der Waals surface area contributed by atoms with Crippen molar-refractivity contribution in [1.82, 2.24) is 0 Å². The van der Waals surface area contributed by atoms with Crippen molar-refractivity contribution in [3.8, 4) is 0 Å². The fourth-order valence-electron chi connectivity index (χ4n) is 4.38. The van der Waals surface area contributed by atoms with E-state index in [0.29, 0.717) is 0 Å². The Kier molecular flexibility index (Phi) is 13.3. The Labute approximate surface area is 254 Å². The monoisotopic (exact) mass is 684 g/mol. The van der Waals surface area contributed by atoms with E-state index >= 15 is 0 Å². The molecule has 2 aliphatic heterocycles. The second-order valence-corrected chi connectivity index (χ2v) is 10.2. The van der Waals surface area contributed by atoms with Gasteiger partial charge in [0, 0.05) is 41.5 Å². The van der Waals surface area contributed by atoms with Crippen LogP contribution >= 0.6 is 15.9 Å². The van der Waals surface area contributed by atoms with Gasteiger partial charge in [0.15, 0.2) is 54.0 Å². The van der Waals surface area contributed by atoms with Gasteiger partial charge in [0.25, 0.3) is 0 Å². The van der Waals surface area contributed by atoms with Gasteiger partial charge in [0.2, 0.25) is 0 Å². The smallest absolute Gasteiger partial charge is 0.339 e. The Morgan fingerprint density at radius 1 is 0.558 bits per heavy atom. The zero-order valence-corrected chi connectivity index (χ0v) is 25.9. The molecule has 2 unspecified atom stereocenters. The molecule has 17 nitrogen and oxygen atoms in total. The highest BCUT2D eigenvalue weighted by atomic mass is 79.9. The summed E-state index contributed by atoms with van der Waals surface area (Å²) in [4.78, 5) is 84.2. The maximum absolute atomic E-state index is 12.6. The van der Waals surface area contributed by atoms with Crippen LogP contribution in [0.2, 0.25) is 0 Å². The number of alkyl halides is 1. The van der Waals surface area contributed by atoms with E-state index < -0.39 is 109 Å². The van der Waals surface area contributed by atoms with Crippen molar-refractivity contribution in [2.45, 2.75) is 102 Å². The highest BCUT2D eigenvalue weighted by Crippen LogP contribution is 2.34. The van der Waals surface area contributed by atoms with E-state index in [9.17, 15) is 33.6 Å². The first-order chi connectivity index (χ1) is 20.0. The lowest BCUT2D eigenvalue weighted by Gasteiger charge is -2.45. The molecule has 0 aliphatic carbocycles. The molecule has 0 radical (unpaired) electrons. The van der Waals surface area contributed by atoms with Crippen LogP contribution in [-0.4, -0.2) is 116 Å². The van der Waals surface area contributed by atoms with Gasteiger partial charge in [-0.25, -0.2) is 4.79 Å². The second kappa shape index (κ2) is 15.9. The zero-order valence-electron chi connectivity index (χ0n) is 24.3. The minimum absolute atomic E-state index is 0.564.